The number of furan rings is 1. The molecule has 0 saturated carbocycles. The number of aromatic nitrogens is 2. The number of nitrogens with zero attached hydrogens (tertiary/aromatic N) is 2. The molecule has 0 spiro atoms. The van der Waals surface area contributed by atoms with Crippen molar-refractivity contribution in [2.24, 2.45) is 0 Å². The Morgan fingerprint density at radius 2 is 1.92 bits per heavy atom. The molecule has 0 bridgehead atoms. The zero-order valence-corrected chi connectivity index (χ0v) is 6.92. The summed E-state index contributed by atoms with van der Waals surface area (Å²) in [6, 6.07) is 5.50. The summed E-state index contributed by atoms with van der Waals surface area (Å²) in [6.45, 7) is 0. The summed E-state index contributed by atoms with van der Waals surface area (Å²) in [5.41, 5.74) is 0. The number of rotatable bonds is 2. The van der Waals surface area contributed by atoms with Crippen molar-refractivity contribution >= 4 is 12.2 Å². The maximum Gasteiger partial charge on any atom is 0.151 e. The fourth-order valence-electron chi connectivity index (χ4n) is 0.939. The molecular formula is C10H8N2O. The summed E-state index contributed by atoms with van der Waals surface area (Å²) in [7, 11) is 0. The standard InChI is InChI=1S/C10H8N2O/c1-3-9(13-8-1)4-5-10-11-6-2-7-12-10/h1-8H. The van der Waals surface area contributed by atoms with E-state index in [1.165, 1.54) is 0 Å². The van der Waals surface area contributed by atoms with Gasteiger partial charge in [-0.25, -0.2) is 9.97 Å². The van der Waals surface area contributed by atoms with Crippen molar-refractivity contribution in [3.8, 4) is 0 Å². The molecule has 2 aromatic rings. The molecule has 0 amide bonds. The highest BCUT2D eigenvalue weighted by Gasteiger charge is 1.89. The molecule has 64 valence electrons. The van der Waals surface area contributed by atoms with Crippen molar-refractivity contribution in [1.82, 2.24) is 9.97 Å². The second-order valence-electron chi connectivity index (χ2n) is 2.46. The van der Waals surface area contributed by atoms with E-state index in [1.807, 2.05) is 18.2 Å². The van der Waals surface area contributed by atoms with Crippen molar-refractivity contribution in [1.29, 1.82) is 0 Å². The normalized spacial score (nSPS) is 10.8. The summed E-state index contributed by atoms with van der Waals surface area (Å²) in [5.74, 6) is 1.48. The van der Waals surface area contributed by atoms with E-state index < -0.39 is 0 Å². The third-order valence-electron chi connectivity index (χ3n) is 1.53. The number of hydrogen-bond acceptors (Lipinski definition) is 3. The first-order chi connectivity index (χ1) is 6.45. The van der Waals surface area contributed by atoms with Gasteiger partial charge in [0.2, 0.25) is 0 Å². The molecule has 0 saturated heterocycles. The Morgan fingerprint density at radius 1 is 1.08 bits per heavy atom. The van der Waals surface area contributed by atoms with E-state index in [4.69, 9.17) is 4.42 Å². The topological polar surface area (TPSA) is 38.9 Å². The monoisotopic (exact) mass is 172 g/mol. The summed E-state index contributed by atoms with van der Waals surface area (Å²) < 4.78 is 5.11. The van der Waals surface area contributed by atoms with Crippen molar-refractivity contribution < 1.29 is 4.42 Å². The van der Waals surface area contributed by atoms with E-state index in [9.17, 15) is 0 Å². The van der Waals surface area contributed by atoms with Crippen LogP contribution in [-0.2, 0) is 0 Å². The van der Waals surface area contributed by atoms with Gasteiger partial charge in [-0.3, -0.25) is 0 Å². The lowest BCUT2D eigenvalue weighted by Gasteiger charge is -1.87. The molecule has 2 rings (SSSR count). The molecule has 0 aromatic carbocycles. The molecule has 0 N–H and O–H groups in total. The minimum atomic E-state index is 0.680. The van der Waals surface area contributed by atoms with Gasteiger partial charge in [-0.2, -0.15) is 0 Å². The molecule has 2 aromatic heterocycles. The second kappa shape index (κ2) is 3.67. The molecule has 0 aliphatic carbocycles. The lowest BCUT2D eigenvalue weighted by Crippen LogP contribution is -1.82. The average molecular weight is 172 g/mol. The van der Waals surface area contributed by atoms with Gasteiger partial charge >= 0.3 is 0 Å². The van der Waals surface area contributed by atoms with E-state index >= 15 is 0 Å². The van der Waals surface area contributed by atoms with E-state index in [-0.39, 0.29) is 0 Å². The summed E-state index contributed by atoms with van der Waals surface area (Å²) in [6.07, 6.45) is 8.67. The van der Waals surface area contributed by atoms with Gasteiger partial charge in [-0.1, -0.05) is 0 Å². The Morgan fingerprint density at radius 3 is 2.62 bits per heavy atom. The molecule has 3 nitrogen and oxygen atoms in total. The zero-order valence-electron chi connectivity index (χ0n) is 6.92. The second-order valence-corrected chi connectivity index (χ2v) is 2.46. The Bertz CT molecular complexity index is 379. The Kier molecular flexibility index (Phi) is 2.18. The molecule has 0 atom stereocenters. The fraction of sp³-hybridized carbons (Fsp3) is 0. The molecule has 3 heteroatoms. The van der Waals surface area contributed by atoms with Crippen LogP contribution in [0.5, 0.6) is 0 Å². The van der Waals surface area contributed by atoms with Crippen molar-refractivity contribution in [2.45, 2.75) is 0 Å². The van der Waals surface area contributed by atoms with Gasteiger partial charge in [-0.15, -0.1) is 0 Å². The van der Waals surface area contributed by atoms with Crippen LogP contribution >= 0.6 is 0 Å². The first-order valence-electron chi connectivity index (χ1n) is 3.94. The maximum atomic E-state index is 5.11. The third kappa shape index (κ3) is 2.02. The van der Waals surface area contributed by atoms with Crippen LogP contribution in [0.1, 0.15) is 11.6 Å². The van der Waals surface area contributed by atoms with Crippen LogP contribution in [0.25, 0.3) is 12.2 Å². The van der Waals surface area contributed by atoms with Crippen LogP contribution in [-0.4, -0.2) is 9.97 Å². The van der Waals surface area contributed by atoms with Gasteiger partial charge in [0.1, 0.15) is 5.76 Å². The van der Waals surface area contributed by atoms with Crippen molar-refractivity contribution in [2.75, 3.05) is 0 Å². The highest BCUT2D eigenvalue weighted by Crippen LogP contribution is 2.04. The van der Waals surface area contributed by atoms with Crippen LogP contribution in [0.15, 0.2) is 41.3 Å². The molecule has 0 aliphatic rings. The smallest absolute Gasteiger partial charge is 0.151 e. The molecule has 0 fully saturated rings. The van der Waals surface area contributed by atoms with Crippen LogP contribution in [0.4, 0.5) is 0 Å². The summed E-state index contributed by atoms with van der Waals surface area (Å²) in [5, 5.41) is 0. The lowest BCUT2D eigenvalue weighted by atomic mass is 10.4. The van der Waals surface area contributed by atoms with Gasteiger partial charge in [0.15, 0.2) is 5.82 Å². The Hall–Kier alpha value is -1.90. The predicted octanol–water partition coefficient (Wildman–Crippen LogP) is 2.24. The lowest BCUT2D eigenvalue weighted by molar-refractivity contribution is 0.557. The van der Waals surface area contributed by atoms with Crippen LogP contribution in [0.2, 0.25) is 0 Å². The molecular weight excluding hydrogens is 164 g/mol. The Labute approximate surface area is 75.8 Å². The van der Waals surface area contributed by atoms with Gasteiger partial charge in [0, 0.05) is 12.4 Å². The summed E-state index contributed by atoms with van der Waals surface area (Å²) >= 11 is 0. The van der Waals surface area contributed by atoms with E-state index in [0.29, 0.717) is 5.82 Å². The van der Waals surface area contributed by atoms with Gasteiger partial charge in [0.05, 0.1) is 6.26 Å². The summed E-state index contributed by atoms with van der Waals surface area (Å²) in [4.78, 5) is 8.08. The van der Waals surface area contributed by atoms with Crippen LogP contribution in [0.3, 0.4) is 0 Å². The van der Waals surface area contributed by atoms with Crippen LogP contribution < -0.4 is 0 Å². The fourth-order valence-corrected chi connectivity index (χ4v) is 0.939. The van der Waals surface area contributed by atoms with Gasteiger partial charge < -0.3 is 4.42 Å². The highest BCUT2D eigenvalue weighted by atomic mass is 16.3. The van der Waals surface area contributed by atoms with Crippen molar-refractivity contribution in [3.05, 3.63) is 48.4 Å². The highest BCUT2D eigenvalue weighted by molar-refractivity contribution is 5.63. The largest absolute Gasteiger partial charge is 0.465 e. The molecule has 13 heavy (non-hydrogen) atoms. The first-order valence-corrected chi connectivity index (χ1v) is 3.94. The number of hydrogen-bond donors (Lipinski definition) is 0. The SMILES string of the molecule is C(=Cc1ccco1)c1ncccn1. The molecule has 0 aliphatic heterocycles. The minimum absolute atomic E-state index is 0.680. The van der Waals surface area contributed by atoms with E-state index in [0.717, 1.165) is 5.76 Å². The first kappa shape index (κ1) is 7.73. The third-order valence-corrected chi connectivity index (χ3v) is 1.53. The van der Waals surface area contributed by atoms with Crippen molar-refractivity contribution in [3.63, 3.8) is 0 Å². The maximum absolute atomic E-state index is 5.11. The molecule has 0 unspecified atom stereocenters. The van der Waals surface area contributed by atoms with Crippen LogP contribution in [0, 0.1) is 0 Å². The Balaban J connectivity index is 2.15. The average Bonchev–Trinajstić information content (AvgIpc) is 2.69. The molecule has 2 heterocycles. The van der Waals surface area contributed by atoms with E-state index in [2.05, 4.69) is 9.97 Å². The zero-order chi connectivity index (χ0) is 8.93. The van der Waals surface area contributed by atoms with Gasteiger partial charge in [0.25, 0.3) is 0 Å². The quantitative estimate of drug-likeness (QED) is 0.697. The predicted molar refractivity (Wildman–Crippen MR) is 49.7 cm³/mol. The minimum Gasteiger partial charge on any atom is -0.465 e. The van der Waals surface area contributed by atoms with Gasteiger partial charge in [-0.05, 0) is 30.4 Å². The van der Waals surface area contributed by atoms with E-state index in [1.54, 1.807) is 30.8 Å². The molecule has 0 radical (unpaired) electrons.